The van der Waals surface area contributed by atoms with Crippen molar-refractivity contribution < 1.29 is 9.59 Å². The van der Waals surface area contributed by atoms with Crippen LogP contribution in [0, 0.1) is 0 Å². The summed E-state index contributed by atoms with van der Waals surface area (Å²) in [5, 5.41) is 5.13. The molecule has 2 heterocycles. The van der Waals surface area contributed by atoms with Crippen molar-refractivity contribution in [1.29, 1.82) is 0 Å². The Morgan fingerprint density at radius 1 is 0.903 bits per heavy atom. The van der Waals surface area contributed by atoms with E-state index in [9.17, 15) is 9.59 Å². The standard InChI is InChI=1S/C25H25N3O2S/c1-16(2)17-7-9-18(10-8-17)26-23-22(21-6-5-15-31-21)24(29)28(25(23)30)20-13-11-19(12-14-20)27(3)4/h5-16,26H,1-4H3. The van der Waals surface area contributed by atoms with Crippen molar-refractivity contribution in [3.63, 3.8) is 0 Å². The molecule has 6 heteroatoms. The minimum Gasteiger partial charge on any atom is -0.378 e. The van der Waals surface area contributed by atoms with E-state index in [1.807, 2.05) is 72.9 Å². The fourth-order valence-electron chi connectivity index (χ4n) is 3.53. The number of hydrogen-bond acceptors (Lipinski definition) is 5. The lowest BCUT2D eigenvalue weighted by atomic mass is 10.0. The largest absolute Gasteiger partial charge is 0.378 e. The van der Waals surface area contributed by atoms with E-state index in [1.165, 1.54) is 21.8 Å². The highest BCUT2D eigenvalue weighted by Crippen LogP contribution is 2.36. The predicted octanol–water partition coefficient (Wildman–Crippen LogP) is 5.33. The van der Waals surface area contributed by atoms with Crippen LogP contribution in [0.1, 0.15) is 30.2 Å². The van der Waals surface area contributed by atoms with E-state index in [0.717, 1.165) is 16.3 Å². The maximum atomic E-state index is 13.4. The molecular weight excluding hydrogens is 406 g/mol. The van der Waals surface area contributed by atoms with Gasteiger partial charge in [0.1, 0.15) is 5.70 Å². The van der Waals surface area contributed by atoms with E-state index in [1.54, 1.807) is 12.1 Å². The molecule has 1 N–H and O–H groups in total. The normalized spacial score (nSPS) is 14.0. The Bertz CT molecular complexity index is 1130. The highest BCUT2D eigenvalue weighted by Gasteiger charge is 2.40. The van der Waals surface area contributed by atoms with Crippen LogP contribution in [0.25, 0.3) is 5.57 Å². The molecule has 0 unspecified atom stereocenters. The van der Waals surface area contributed by atoms with E-state index in [0.29, 0.717) is 22.9 Å². The fourth-order valence-corrected chi connectivity index (χ4v) is 4.29. The molecule has 4 rings (SSSR count). The van der Waals surface area contributed by atoms with Gasteiger partial charge in [0, 0.05) is 30.3 Å². The third kappa shape index (κ3) is 3.99. The monoisotopic (exact) mass is 431 g/mol. The van der Waals surface area contributed by atoms with E-state index < -0.39 is 0 Å². The van der Waals surface area contributed by atoms with Gasteiger partial charge in [-0.05, 0) is 59.3 Å². The van der Waals surface area contributed by atoms with Gasteiger partial charge in [-0.1, -0.05) is 32.0 Å². The Labute approximate surface area is 186 Å². The molecule has 2 aromatic carbocycles. The Balaban J connectivity index is 1.71. The number of nitrogens with zero attached hydrogens (tertiary/aromatic N) is 2. The van der Waals surface area contributed by atoms with Crippen molar-refractivity contribution in [2.24, 2.45) is 0 Å². The molecule has 1 aliphatic heterocycles. The first-order valence-electron chi connectivity index (χ1n) is 10.2. The molecule has 0 atom stereocenters. The first-order valence-corrected chi connectivity index (χ1v) is 11.1. The van der Waals surface area contributed by atoms with Crippen molar-refractivity contribution in [2.75, 3.05) is 29.2 Å². The average Bonchev–Trinajstić information content (AvgIpc) is 3.35. The van der Waals surface area contributed by atoms with Crippen molar-refractivity contribution in [3.05, 3.63) is 82.2 Å². The Morgan fingerprint density at radius 3 is 2.13 bits per heavy atom. The van der Waals surface area contributed by atoms with Gasteiger partial charge < -0.3 is 10.2 Å². The number of nitrogens with one attached hydrogen (secondary N) is 1. The average molecular weight is 432 g/mol. The summed E-state index contributed by atoms with van der Waals surface area (Å²) < 4.78 is 0. The van der Waals surface area contributed by atoms with Crippen molar-refractivity contribution in [3.8, 4) is 0 Å². The highest BCUT2D eigenvalue weighted by atomic mass is 32.1. The van der Waals surface area contributed by atoms with Crippen LogP contribution in [0.15, 0.2) is 71.7 Å². The lowest BCUT2D eigenvalue weighted by Crippen LogP contribution is -2.32. The molecular formula is C25H25N3O2S. The zero-order valence-corrected chi connectivity index (χ0v) is 18.9. The third-order valence-electron chi connectivity index (χ3n) is 5.32. The summed E-state index contributed by atoms with van der Waals surface area (Å²) in [5.74, 6) is -0.240. The lowest BCUT2D eigenvalue weighted by Gasteiger charge is -2.18. The molecule has 0 aliphatic carbocycles. The van der Waals surface area contributed by atoms with Gasteiger partial charge in [0.15, 0.2) is 0 Å². The fraction of sp³-hybridized carbons (Fsp3) is 0.200. The molecule has 1 aliphatic rings. The van der Waals surface area contributed by atoms with E-state index in [2.05, 4.69) is 19.2 Å². The summed E-state index contributed by atoms with van der Waals surface area (Å²) in [7, 11) is 3.90. The minimum atomic E-state index is -0.348. The van der Waals surface area contributed by atoms with Crippen LogP contribution in [-0.2, 0) is 9.59 Å². The van der Waals surface area contributed by atoms with Gasteiger partial charge >= 0.3 is 0 Å². The van der Waals surface area contributed by atoms with Crippen LogP contribution >= 0.6 is 11.3 Å². The number of amides is 2. The highest BCUT2D eigenvalue weighted by molar-refractivity contribution is 7.11. The topological polar surface area (TPSA) is 52.7 Å². The minimum absolute atomic E-state index is 0.307. The predicted molar refractivity (Wildman–Crippen MR) is 129 cm³/mol. The van der Waals surface area contributed by atoms with Gasteiger partial charge in [0.25, 0.3) is 11.8 Å². The number of benzene rings is 2. The molecule has 2 amide bonds. The van der Waals surface area contributed by atoms with Crippen LogP contribution in [0.5, 0.6) is 0 Å². The summed E-state index contributed by atoms with van der Waals surface area (Å²) in [6, 6.07) is 19.1. The molecule has 158 valence electrons. The summed E-state index contributed by atoms with van der Waals surface area (Å²) in [6.07, 6.45) is 0. The van der Waals surface area contributed by atoms with Crippen LogP contribution in [0.4, 0.5) is 17.1 Å². The number of hydrogen-bond donors (Lipinski definition) is 1. The number of rotatable bonds is 6. The molecule has 0 radical (unpaired) electrons. The molecule has 1 aromatic heterocycles. The second-order valence-electron chi connectivity index (χ2n) is 7.99. The van der Waals surface area contributed by atoms with E-state index >= 15 is 0 Å². The quantitative estimate of drug-likeness (QED) is 0.536. The summed E-state index contributed by atoms with van der Waals surface area (Å²) >= 11 is 1.45. The number of carbonyl (C=O) groups excluding carboxylic acids is 2. The zero-order valence-electron chi connectivity index (χ0n) is 18.0. The Kier molecular flexibility index (Phi) is 5.65. The lowest BCUT2D eigenvalue weighted by molar-refractivity contribution is -0.120. The van der Waals surface area contributed by atoms with Crippen molar-refractivity contribution >= 4 is 45.8 Å². The first-order chi connectivity index (χ1) is 14.9. The van der Waals surface area contributed by atoms with Gasteiger partial charge in [-0.3, -0.25) is 9.59 Å². The number of thiophene rings is 1. The van der Waals surface area contributed by atoms with E-state index in [4.69, 9.17) is 0 Å². The molecule has 0 spiro atoms. The maximum absolute atomic E-state index is 13.4. The van der Waals surface area contributed by atoms with Crippen molar-refractivity contribution in [2.45, 2.75) is 19.8 Å². The van der Waals surface area contributed by atoms with Crippen LogP contribution in [0.2, 0.25) is 0 Å². The Hall–Kier alpha value is -3.38. The summed E-state index contributed by atoms with van der Waals surface area (Å²) in [4.78, 5) is 30.8. The van der Waals surface area contributed by atoms with Crippen LogP contribution in [0.3, 0.4) is 0 Å². The van der Waals surface area contributed by atoms with Gasteiger partial charge in [0.2, 0.25) is 0 Å². The Morgan fingerprint density at radius 2 is 1.58 bits per heavy atom. The second kappa shape index (κ2) is 8.40. The number of carbonyl (C=O) groups is 2. The number of anilines is 3. The van der Waals surface area contributed by atoms with Gasteiger partial charge in [-0.25, -0.2) is 4.90 Å². The van der Waals surface area contributed by atoms with E-state index in [-0.39, 0.29) is 11.8 Å². The molecule has 0 fully saturated rings. The maximum Gasteiger partial charge on any atom is 0.282 e. The summed E-state index contributed by atoms with van der Waals surface area (Å²) in [5.41, 5.74) is 4.26. The first kappa shape index (κ1) is 20.9. The molecule has 3 aromatic rings. The van der Waals surface area contributed by atoms with Gasteiger partial charge in [-0.2, -0.15) is 0 Å². The summed E-state index contributed by atoms with van der Waals surface area (Å²) in [6.45, 7) is 4.27. The third-order valence-corrected chi connectivity index (χ3v) is 6.21. The van der Waals surface area contributed by atoms with Gasteiger partial charge in [-0.15, -0.1) is 11.3 Å². The number of imide groups is 1. The van der Waals surface area contributed by atoms with Crippen LogP contribution in [-0.4, -0.2) is 25.9 Å². The smallest absolute Gasteiger partial charge is 0.282 e. The molecule has 5 nitrogen and oxygen atoms in total. The SMILES string of the molecule is CC(C)c1ccc(NC2=C(c3cccs3)C(=O)N(c3ccc(N(C)C)cc3)C2=O)cc1. The molecule has 0 saturated heterocycles. The van der Waals surface area contributed by atoms with Gasteiger partial charge in [0.05, 0.1) is 11.3 Å². The molecule has 31 heavy (non-hydrogen) atoms. The van der Waals surface area contributed by atoms with Crippen LogP contribution < -0.4 is 15.1 Å². The molecule has 0 bridgehead atoms. The van der Waals surface area contributed by atoms with Crippen molar-refractivity contribution in [1.82, 2.24) is 0 Å². The molecule has 0 saturated carbocycles. The zero-order chi connectivity index (χ0) is 22.1. The second-order valence-corrected chi connectivity index (χ2v) is 8.93.